The first kappa shape index (κ1) is 25.4. The maximum absolute atomic E-state index is 14.8. The minimum atomic E-state index is -0.857. The minimum Gasteiger partial charge on any atom is -0.378 e. The summed E-state index contributed by atoms with van der Waals surface area (Å²) < 4.78 is 23.3. The molecule has 0 bridgehead atoms. The third kappa shape index (κ3) is 5.18. The van der Waals surface area contributed by atoms with Gasteiger partial charge in [0.15, 0.2) is 11.5 Å². The Labute approximate surface area is 226 Å². The van der Waals surface area contributed by atoms with E-state index in [1.54, 1.807) is 11.3 Å². The summed E-state index contributed by atoms with van der Waals surface area (Å²) in [7, 11) is 3.92. The number of fused-ring (bicyclic) bond motifs is 1. The van der Waals surface area contributed by atoms with Gasteiger partial charge in [-0.15, -0.1) is 11.3 Å². The summed E-state index contributed by atoms with van der Waals surface area (Å²) >= 11 is 1.67. The molecule has 10 heteroatoms. The molecule has 2 aliphatic heterocycles. The van der Waals surface area contributed by atoms with Crippen LogP contribution in [0.1, 0.15) is 17.0 Å². The molecule has 0 N–H and O–H groups in total. The number of alkyl halides is 1. The number of aryl methyl sites for hydroxylation is 1. The molecule has 200 valence electrons. The predicted molar refractivity (Wildman–Crippen MR) is 150 cm³/mol. The number of thiazole rings is 1. The van der Waals surface area contributed by atoms with Gasteiger partial charge in [-0.2, -0.15) is 5.10 Å². The highest BCUT2D eigenvalue weighted by Crippen LogP contribution is 2.34. The van der Waals surface area contributed by atoms with Crippen molar-refractivity contribution in [3.05, 3.63) is 53.2 Å². The van der Waals surface area contributed by atoms with Gasteiger partial charge in [-0.25, -0.2) is 19.0 Å². The molecule has 2 unspecified atom stereocenters. The fourth-order valence-electron chi connectivity index (χ4n) is 5.43. The lowest BCUT2D eigenvalue weighted by molar-refractivity contribution is 0.0545. The van der Waals surface area contributed by atoms with E-state index < -0.39 is 6.17 Å². The molecule has 0 amide bonds. The molecule has 38 heavy (non-hydrogen) atoms. The number of rotatable bonds is 6. The molecule has 2 saturated heterocycles. The molecule has 6 rings (SSSR count). The first-order valence-corrected chi connectivity index (χ1v) is 14.1. The van der Waals surface area contributed by atoms with Crippen molar-refractivity contribution in [2.24, 2.45) is 0 Å². The Hall–Kier alpha value is -2.92. The number of nitrogens with zero attached hydrogens (tertiary/aromatic N) is 7. The maximum atomic E-state index is 14.8. The Morgan fingerprint density at radius 3 is 2.71 bits per heavy atom. The van der Waals surface area contributed by atoms with Crippen LogP contribution in [0.5, 0.6) is 0 Å². The Morgan fingerprint density at radius 1 is 1.11 bits per heavy atom. The second-order valence-corrected chi connectivity index (χ2v) is 11.5. The maximum Gasteiger partial charge on any atom is 0.174 e. The molecule has 0 spiro atoms. The molecular weight excluding hydrogens is 501 g/mol. The summed E-state index contributed by atoms with van der Waals surface area (Å²) in [6.07, 6.45) is 1.92. The zero-order valence-electron chi connectivity index (χ0n) is 22.2. The fourth-order valence-corrected chi connectivity index (χ4v) is 6.52. The monoisotopic (exact) mass is 535 g/mol. The second kappa shape index (κ2) is 10.7. The van der Waals surface area contributed by atoms with Crippen LogP contribution >= 0.6 is 11.3 Å². The molecule has 0 saturated carbocycles. The first-order valence-electron chi connectivity index (χ1n) is 13.2. The molecule has 3 aromatic heterocycles. The van der Waals surface area contributed by atoms with E-state index in [0.29, 0.717) is 26.3 Å². The van der Waals surface area contributed by atoms with Gasteiger partial charge in [0.25, 0.3) is 0 Å². The Balaban J connectivity index is 1.32. The number of morpholine rings is 1. The number of aromatic nitrogens is 4. The summed E-state index contributed by atoms with van der Waals surface area (Å²) in [6, 6.07) is 12.5. The summed E-state index contributed by atoms with van der Waals surface area (Å²) in [5, 5.41) is 5.82. The minimum absolute atomic E-state index is 0.0162. The third-order valence-electron chi connectivity index (χ3n) is 7.48. The van der Waals surface area contributed by atoms with E-state index in [4.69, 9.17) is 19.8 Å². The van der Waals surface area contributed by atoms with Gasteiger partial charge in [-0.3, -0.25) is 4.90 Å². The van der Waals surface area contributed by atoms with Gasteiger partial charge >= 0.3 is 0 Å². The number of hydrogen-bond acceptors (Lipinski definition) is 8. The van der Waals surface area contributed by atoms with Crippen LogP contribution in [0.2, 0.25) is 0 Å². The zero-order chi connectivity index (χ0) is 26.2. The van der Waals surface area contributed by atoms with Crippen molar-refractivity contribution in [2.75, 3.05) is 58.4 Å². The van der Waals surface area contributed by atoms with Crippen LogP contribution in [0.25, 0.3) is 27.4 Å². The number of likely N-dealkylation sites (tertiary alicyclic amines) is 1. The van der Waals surface area contributed by atoms with Crippen molar-refractivity contribution in [2.45, 2.75) is 32.1 Å². The van der Waals surface area contributed by atoms with E-state index in [-0.39, 0.29) is 6.04 Å². The number of halogens is 1. The van der Waals surface area contributed by atoms with Gasteiger partial charge in [0.2, 0.25) is 0 Å². The predicted octanol–water partition coefficient (Wildman–Crippen LogP) is 4.16. The standard InChI is InChI=1S/C28H34FN7OS/c1-19-5-4-6-20(15-19)22-7-10-36(32-22)25-16-24(35-11-13-37-14-12-35)27-28(30-25)31-26(38-27)18-34-9-8-23(33(2)3)21(29)17-34/h4-7,10,15-16,21,23H,8-9,11-14,17-18H2,1-3H3. The number of pyridine rings is 1. The lowest BCUT2D eigenvalue weighted by atomic mass is 10.0. The summed E-state index contributed by atoms with van der Waals surface area (Å²) in [6.45, 7) is 7.06. The van der Waals surface area contributed by atoms with E-state index in [1.807, 2.05) is 35.9 Å². The number of benzene rings is 1. The zero-order valence-corrected chi connectivity index (χ0v) is 23.0. The molecule has 0 radical (unpaired) electrons. The Bertz CT molecular complexity index is 1410. The van der Waals surface area contributed by atoms with E-state index >= 15 is 0 Å². The smallest absolute Gasteiger partial charge is 0.174 e. The van der Waals surface area contributed by atoms with E-state index in [2.05, 4.69) is 47.1 Å². The molecule has 1 aromatic carbocycles. The van der Waals surface area contributed by atoms with Crippen LogP contribution in [0, 0.1) is 6.92 Å². The van der Waals surface area contributed by atoms with Crippen molar-refractivity contribution >= 4 is 27.4 Å². The van der Waals surface area contributed by atoms with Gasteiger partial charge in [-0.1, -0.05) is 23.8 Å². The highest BCUT2D eigenvalue weighted by atomic mass is 32.1. The lowest BCUT2D eigenvalue weighted by Crippen LogP contribution is -2.49. The second-order valence-electron chi connectivity index (χ2n) is 10.4. The van der Waals surface area contributed by atoms with Crippen LogP contribution in [0.4, 0.5) is 10.1 Å². The largest absolute Gasteiger partial charge is 0.378 e. The summed E-state index contributed by atoms with van der Waals surface area (Å²) in [5.41, 5.74) is 5.02. The first-order chi connectivity index (χ1) is 18.4. The Morgan fingerprint density at radius 2 is 1.95 bits per heavy atom. The van der Waals surface area contributed by atoms with Crippen LogP contribution in [-0.2, 0) is 11.3 Å². The van der Waals surface area contributed by atoms with Crippen molar-refractivity contribution in [3.63, 3.8) is 0 Å². The van der Waals surface area contributed by atoms with Crippen LogP contribution in [0.3, 0.4) is 0 Å². The summed E-state index contributed by atoms with van der Waals surface area (Å²) in [5.74, 6) is 0.741. The fraction of sp³-hybridized carbons (Fsp3) is 0.464. The van der Waals surface area contributed by atoms with Gasteiger partial charge < -0.3 is 14.5 Å². The van der Waals surface area contributed by atoms with Crippen LogP contribution < -0.4 is 4.90 Å². The lowest BCUT2D eigenvalue weighted by Gasteiger charge is -2.37. The average molecular weight is 536 g/mol. The molecular formula is C28H34FN7OS. The average Bonchev–Trinajstić information content (AvgIpc) is 3.56. The van der Waals surface area contributed by atoms with E-state index in [1.165, 1.54) is 5.56 Å². The molecule has 5 heterocycles. The molecule has 2 atom stereocenters. The SMILES string of the molecule is Cc1cccc(-c2ccn(-c3cc(N4CCOCC4)c4sc(CN5CCC(N(C)C)C(F)C5)nc4n3)n2)c1. The molecule has 0 aliphatic carbocycles. The number of ether oxygens (including phenoxy) is 1. The quantitative estimate of drug-likeness (QED) is 0.367. The van der Waals surface area contributed by atoms with Crippen LogP contribution in [-0.4, -0.2) is 95.2 Å². The van der Waals surface area contributed by atoms with E-state index in [0.717, 1.165) is 64.2 Å². The number of anilines is 1. The number of piperidine rings is 1. The molecule has 2 fully saturated rings. The topological polar surface area (TPSA) is 62.6 Å². The highest BCUT2D eigenvalue weighted by Gasteiger charge is 2.31. The van der Waals surface area contributed by atoms with Crippen molar-refractivity contribution in [3.8, 4) is 17.1 Å². The molecule has 2 aliphatic rings. The third-order valence-corrected chi connectivity index (χ3v) is 8.53. The van der Waals surface area contributed by atoms with Gasteiger partial charge in [0, 0.05) is 50.0 Å². The van der Waals surface area contributed by atoms with Crippen molar-refractivity contribution < 1.29 is 9.13 Å². The van der Waals surface area contributed by atoms with Gasteiger partial charge in [-0.05, 0) is 39.6 Å². The van der Waals surface area contributed by atoms with Crippen molar-refractivity contribution in [1.29, 1.82) is 0 Å². The van der Waals surface area contributed by atoms with Gasteiger partial charge in [0.05, 0.1) is 35.8 Å². The molecule has 8 nitrogen and oxygen atoms in total. The van der Waals surface area contributed by atoms with Crippen molar-refractivity contribution in [1.82, 2.24) is 29.5 Å². The summed E-state index contributed by atoms with van der Waals surface area (Å²) in [4.78, 5) is 16.4. The Kier molecular flexibility index (Phi) is 7.13. The van der Waals surface area contributed by atoms with E-state index in [9.17, 15) is 4.39 Å². The van der Waals surface area contributed by atoms with Crippen LogP contribution in [0.15, 0.2) is 42.6 Å². The number of hydrogen-bond donors (Lipinski definition) is 0. The normalized spacial score (nSPS) is 21.0. The molecule has 4 aromatic rings. The highest BCUT2D eigenvalue weighted by molar-refractivity contribution is 7.19. The van der Waals surface area contributed by atoms with Gasteiger partial charge in [0.1, 0.15) is 11.2 Å².